The molecule has 3 aromatic rings. The highest BCUT2D eigenvalue weighted by Gasteiger charge is 2.46. The van der Waals surface area contributed by atoms with Gasteiger partial charge >= 0.3 is 0 Å². The summed E-state index contributed by atoms with van der Waals surface area (Å²) in [5, 5.41) is 5.20. The molecule has 5 aliphatic rings. The van der Waals surface area contributed by atoms with Gasteiger partial charge < -0.3 is 24.8 Å². The van der Waals surface area contributed by atoms with Gasteiger partial charge in [-0.15, -0.1) is 0 Å². The standard InChI is InChI=1S/C53H69N9O7/c63-47(19-15-40-12-10-25-54-37-40)55-26-6-5-11-39-21-28-61(29-22-39)51(66)41-16-18-46(56-38-41)60-30-23-42(24-31-60)59-34-32-58(33-35-59)27-7-3-1-2-4-8-36-69-45-14-9-13-43-49(45)53(68)62(52(43)67)44-17-20-48(64)57-50(44)65/h9-10,12-16,18-19,25,37-39,42,44H,1-8,11,17,20-24,26-36H2,(H,55,63)(H,57,64,65)/b19-15+. The van der Waals surface area contributed by atoms with E-state index in [9.17, 15) is 28.8 Å². The number of hydrogen-bond acceptors (Lipinski definition) is 12. The van der Waals surface area contributed by atoms with Gasteiger partial charge in [0.2, 0.25) is 17.7 Å². The van der Waals surface area contributed by atoms with Crippen LogP contribution in [0.5, 0.6) is 5.75 Å². The summed E-state index contributed by atoms with van der Waals surface area (Å²) in [4.78, 5) is 95.3. The molecule has 16 nitrogen and oxygen atoms in total. The summed E-state index contributed by atoms with van der Waals surface area (Å²) in [6.07, 6.45) is 22.7. The molecule has 4 saturated heterocycles. The van der Waals surface area contributed by atoms with E-state index in [4.69, 9.17) is 9.72 Å². The maximum Gasteiger partial charge on any atom is 0.266 e. The molecule has 5 aliphatic heterocycles. The molecule has 1 aromatic carbocycles. The Morgan fingerprint density at radius 2 is 1.55 bits per heavy atom. The highest BCUT2D eigenvalue weighted by atomic mass is 16.5. The third-order valence-electron chi connectivity index (χ3n) is 14.6. The largest absolute Gasteiger partial charge is 0.493 e. The number of carbonyl (C=O) groups excluding carboxylic acids is 6. The number of amides is 6. The monoisotopic (exact) mass is 944 g/mol. The summed E-state index contributed by atoms with van der Waals surface area (Å²) in [6.45, 7) is 10.2. The van der Waals surface area contributed by atoms with Crippen LogP contribution in [-0.4, -0.2) is 149 Å². The predicted molar refractivity (Wildman–Crippen MR) is 263 cm³/mol. The number of aromatic nitrogens is 2. The third kappa shape index (κ3) is 13.2. The van der Waals surface area contributed by atoms with Gasteiger partial charge in [0.05, 0.1) is 23.3 Å². The number of unbranched alkanes of at least 4 members (excludes halogenated alkanes) is 6. The number of anilines is 1. The fraction of sp³-hybridized carbons (Fsp3) is 0.547. The average molecular weight is 944 g/mol. The number of nitrogens with one attached hydrogen (secondary N) is 2. The van der Waals surface area contributed by atoms with E-state index in [2.05, 4.69) is 30.3 Å². The molecule has 0 saturated carbocycles. The second-order valence-electron chi connectivity index (χ2n) is 19.2. The first-order valence-corrected chi connectivity index (χ1v) is 25.5. The van der Waals surface area contributed by atoms with Crippen LogP contribution in [-0.2, 0) is 14.4 Å². The summed E-state index contributed by atoms with van der Waals surface area (Å²) in [5.41, 5.74) is 2.00. The van der Waals surface area contributed by atoms with Crippen molar-refractivity contribution in [2.75, 3.05) is 77.0 Å². The van der Waals surface area contributed by atoms with E-state index < -0.39 is 29.7 Å². The number of piperazine rings is 1. The number of likely N-dealkylation sites (tertiary alicyclic amines) is 1. The van der Waals surface area contributed by atoms with Crippen LogP contribution < -0.4 is 20.3 Å². The van der Waals surface area contributed by atoms with E-state index in [0.29, 0.717) is 36.4 Å². The van der Waals surface area contributed by atoms with Gasteiger partial charge in [0.25, 0.3) is 17.7 Å². The van der Waals surface area contributed by atoms with Crippen molar-refractivity contribution < 1.29 is 33.5 Å². The first-order chi connectivity index (χ1) is 33.7. The molecule has 0 bridgehead atoms. The van der Waals surface area contributed by atoms with Crippen molar-refractivity contribution in [2.45, 2.75) is 108 Å². The van der Waals surface area contributed by atoms with E-state index in [1.165, 1.54) is 19.3 Å². The zero-order valence-electron chi connectivity index (χ0n) is 40.0. The Morgan fingerprint density at radius 3 is 2.29 bits per heavy atom. The number of benzene rings is 1. The highest BCUT2D eigenvalue weighted by molar-refractivity contribution is 6.24. The summed E-state index contributed by atoms with van der Waals surface area (Å²) in [6, 6.07) is 12.3. The van der Waals surface area contributed by atoms with E-state index in [0.717, 1.165) is 139 Å². The molecule has 8 rings (SSSR count). The fourth-order valence-corrected chi connectivity index (χ4v) is 10.5. The van der Waals surface area contributed by atoms with E-state index in [-0.39, 0.29) is 35.8 Å². The molecule has 7 heterocycles. The van der Waals surface area contributed by atoms with Crippen LogP contribution in [0.3, 0.4) is 0 Å². The molecule has 2 N–H and O–H groups in total. The van der Waals surface area contributed by atoms with Crippen LogP contribution in [0, 0.1) is 5.92 Å². The Hall–Kier alpha value is -6.00. The zero-order chi connectivity index (χ0) is 48.0. The summed E-state index contributed by atoms with van der Waals surface area (Å²) in [5.74, 6) is -0.180. The van der Waals surface area contributed by atoms with Gasteiger partial charge in [-0.1, -0.05) is 50.7 Å². The lowest BCUT2D eigenvalue weighted by atomic mass is 9.91. The number of nitrogens with zero attached hydrogens (tertiary/aromatic N) is 7. The molecule has 368 valence electrons. The minimum Gasteiger partial charge on any atom is -0.493 e. The molecule has 16 heteroatoms. The second kappa shape index (κ2) is 24.5. The normalized spacial score (nSPS) is 19.9. The molecule has 1 unspecified atom stereocenters. The highest BCUT2D eigenvalue weighted by Crippen LogP contribution is 2.34. The fourth-order valence-electron chi connectivity index (χ4n) is 10.5. The number of rotatable bonds is 21. The maximum atomic E-state index is 13.4. The Balaban J connectivity index is 0.636. The summed E-state index contributed by atoms with van der Waals surface area (Å²) < 4.78 is 6.00. The van der Waals surface area contributed by atoms with Crippen LogP contribution in [0.25, 0.3) is 6.08 Å². The smallest absolute Gasteiger partial charge is 0.266 e. The Kier molecular flexibility index (Phi) is 17.6. The van der Waals surface area contributed by atoms with Gasteiger partial charge in [-0.05, 0) is 106 Å². The Labute approximate surface area is 406 Å². The SMILES string of the molecule is O=C(/C=C/c1cccnc1)NCCCCC1CCN(C(=O)c2ccc(N3CCC(N4CCN(CCCCCCCCOc5cccc6c5C(=O)N(C5CCC(=O)NC5=O)C6=O)CC4)CC3)nc2)CC1. The van der Waals surface area contributed by atoms with Crippen molar-refractivity contribution in [3.8, 4) is 5.75 Å². The van der Waals surface area contributed by atoms with Crippen molar-refractivity contribution in [2.24, 2.45) is 5.92 Å². The van der Waals surface area contributed by atoms with Crippen molar-refractivity contribution >= 4 is 47.3 Å². The van der Waals surface area contributed by atoms with Crippen molar-refractivity contribution in [3.63, 3.8) is 0 Å². The minimum absolute atomic E-state index is 0.0735. The van der Waals surface area contributed by atoms with Gasteiger partial charge in [-0.2, -0.15) is 0 Å². The minimum atomic E-state index is -0.995. The van der Waals surface area contributed by atoms with Crippen LogP contribution >= 0.6 is 0 Å². The summed E-state index contributed by atoms with van der Waals surface area (Å²) in [7, 11) is 0. The van der Waals surface area contributed by atoms with Crippen molar-refractivity contribution in [1.82, 2.24) is 40.2 Å². The molecule has 0 aliphatic carbocycles. The molecule has 6 amide bonds. The van der Waals surface area contributed by atoms with Gasteiger partial charge in [0.15, 0.2) is 0 Å². The molecule has 1 atom stereocenters. The second-order valence-corrected chi connectivity index (χ2v) is 19.2. The van der Waals surface area contributed by atoms with Crippen LogP contribution in [0.4, 0.5) is 5.82 Å². The topological polar surface area (TPSA) is 178 Å². The molecule has 2 aromatic heterocycles. The molecule has 0 radical (unpaired) electrons. The van der Waals surface area contributed by atoms with E-state index in [1.807, 2.05) is 29.2 Å². The molecule has 69 heavy (non-hydrogen) atoms. The lowest BCUT2D eigenvalue weighted by Gasteiger charge is -2.43. The number of ether oxygens (including phenoxy) is 1. The van der Waals surface area contributed by atoms with Crippen LogP contribution in [0.1, 0.15) is 133 Å². The first kappa shape index (κ1) is 49.4. The van der Waals surface area contributed by atoms with Gasteiger partial charge in [-0.3, -0.25) is 48.9 Å². The lowest BCUT2D eigenvalue weighted by Crippen LogP contribution is -2.54. The number of hydrogen-bond donors (Lipinski definition) is 2. The summed E-state index contributed by atoms with van der Waals surface area (Å²) >= 11 is 0. The Bertz CT molecular complexity index is 2270. The molecular weight excluding hydrogens is 875 g/mol. The molecule has 0 spiro atoms. The van der Waals surface area contributed by atoms with Crippen molar-refractivity contribution in [3.05, 3.63) is 89.4 Å². The van der Waals surface area contributed by atoms with Gasteiger partial charge in [0.1, 0.15) is 17.6 Å². The van der Waals surface area contributed by atoms with Gasteiger partial charge in [0, 0.05) is 96.0 Å². The average Bonchev–Trinajstić information content (AvgIpc) is 3.64. The number of pyridine rings is 2. The van der Waals surface area contributed by atoms with Crippen molar-refractivity contribution in [1.29, 1.82) is 0 Å². The Morgan fingerprint density at radius 1 is 0.768 bits per heavy atom. The number of carbonyl (C=O) groups is 6. The first-order valence-electron chi connectivity index (χ1n) is 25.5. The van der Waals surface area contributed by atoms with Gasteiger partial charge in [-0.25, -0.2) is 4.98 Å². The third-order valence-corrected chi connectivity index (χ3v) is 14.6. The van der Waals surface area contributed by atoms with Crippen LogP contribution in [0.15, 0.2) is 67.1 Å². The number of piperidine rings is 3. The van der Waals surface area contributed by atoms with E-state index in [1.54, 1.807) is 48.9 Å². The molecular formula is C53H69N9O7. The number of fused-ring (bicyclic) bond motifs is 1. The quantitative estimate of drug-likeness (QED) is 0.0754. The van der Waals surface area contributed by atoms with E-state index >= 15 is 0 Å². The maximum absolute atomic E-state index is 13.4. The van der Waals surface area contributed by atoms with Crippen LogP contribution in [0.2, 0.25) is 0 Å². The predicted octanol–water partition coefficient (Wildman–Crippen LogP) is 5.74. The number of imide groups is 2. The zero-order valence-corrected chi connectivity index (χ0v) is 40.0. The lowest BCUT2D eigenvalue weighted by molar-refractivity contribution is -0.136. The molecule has 4 fully saturated rings.